The van der Waals surface area contributed by atoms with E-state index in [1.165, 1.54) is 11.1 Å². The molecule has 122 valence electrons. The molecule has 0 aliphatic carbocycles. The van der Waals surface area contributed by atoms with E-state index in [1.807, 2.05) is 43.3 Å². The normalized spacial score (nSPS) is 13.3. The topological polar surface area (TPSA) is 46.2 Å². The number of aryl methyl sites for hydroxylation is 1. The molecule has 2 aromatic carbocycles. The Kier molecular flexibility index (Phi) is 6.11. The SMILES string of the molecule is Cc1ccccc1C[C@@H](C)NC(=O)Cc1ccc([S@@](C)=O)cc1. The third-order valence-corrected chi connectivity index (χ3v) is 4.75. The molecule has 0 saturated carbocycles. The summed E-state index contributed by atoms with van der Waals surface area (Å²) in [5.74, 6) is 0.0106. The predicted molar refractivity (Wildman–Crippen MR) is 95.0 cm³/mol. The molecule has 0 spiro atoms. The van der Waals surface area contributed by atoms with E-state index in [9.17, 15) is 9.00 Å². The van der Waals surface area contributed by atoms with E-state index in [0.29, 0.717) is 6.42 Å². The lowest BCUT2D eigenvalue weighted by Gasteiger charge is -2.15. The summed E-state index contributed by atoms with van der Waals surface area (Å²) in [6.45, 7) is 4.11. The van der Waals surface area contributed by atoms with Crippen molar-refractivity contribution in [2.24, 2.45) is 0 Å². The van der Waals surface area contributed by atoms with Crippen molar-refractivity contribution in [2.45, 2.75) is 37.6 Å². The summed E-state index contributed by atoms with van der Waals surface area (Å²) in [6.07, 6.45) is 2.82. The van der Waals surface area contributed by atoms with Gasteiger partial charge in [0.25, 0.3) is 0 Å². The van der Waals surface area contributed by atoms with E-state index >= 15 is 0 Å². The van der Waals surface area contributed by atoms with Crippen molar-refractivity contribution in [1.82, 2.24) is 5.32 Å². The molecule has 4 heteroatoms. The molecule has 0 radical (unpaired) electrons. The molecule has 0 heterocycles. The minimum Gasteiger partial charge on any atom is -0.353 e. The highest BCUT2D eigenvalue weighted by molar-refractivity contribution is 7.84. The highest BCUT2D eigenvalue weighted by Crippen LogP contribution is 2.11. The van der Waals surface area contributed by atoms with Gasteiger partial charge in [-0.05, 0) is 49.1 Å². The third kappa shape index (κ3) is 5.32. The second-order valence-electron chi connectivity index (χ2n) is 5.87. The Morgan fingerprint density at radius 3 is 2.39 bits per heavy atom. The van der Waals surface area contributed by atoms with Gasteiger partial charge in [-0.3, -0.25) is 9.00 Å². The fraction of sp³-hybridized carbons (Fsp3) is 0.316. The zero-order valence-electron chi connectivity index (χ0n) is 13.8. The molecule has 0 aliphatic heterocycles. The van der Waals surface area contributed by atoms with Crippen LogP contribution in [0, 0.1) is 6.92 Å². The summed E-state index contributed by atoms with van der Waals surface area (Å²) >= 11 is 0. The van der Waals surface area contributed by atoms with Crippen LogP contribution in [0.2, 0.25) is 0 Å². The van der Waals surface area contributed by atoms with Gasteiger partial charge in [0.2, 0.25) is 5.91 Å². The summed E-state index contributed by atoms with van der Waals surface area (Å²) in [4.78, 5) is 12.9. The maximum Gasteiger partial charge on any atom is 0.224 e. The maximum atomic E-state index is 12.1. The largest absolute Gasteiger partial charge is 0.353 e. The number of amides is 1. The average Bonchev–Trinajstić information content (AvgIpc) is 2.50. The van der Waals surface area contributed by atoms with Crippen molar-refractivity contribution in [1.29, 1.82) is 0 Å². The molecule has 0 unspecified atom stereocenters. The van der Waals surface area contributed by atoms with Gasteiger partial charge < -0.3 is 5.32 Å². The van der Waals surface area contributed by atoms with Crippen LogP contribution in [0.15, 0.2) is 53.4 Å². The van der Waals surface area contributed by atoms with Crippen molar-refractivity contribution in [3.05, 3.63) is 65.2 Å². The van der Waals surface area contributed by atoms with Crippen molar-refractivity contribution in [3.8, 4) is 0 Å². The Balaban J connectivity index is 1.89. The third-order valence-electron chi connectivity index (χ3n) is 3.81. The van der Waals surface area contributed by atoms with E-state index in [4.69, 9.17) is 0 Å². The van der Waals surface area contributed by atoms with E-state index in [0.717, 1.165) is 16.9 Å². The molecule has 0 saturated heterocycles. The molecule has 1 amide bonds. The summed E-state index contributed by atoms with van der Waals surface area (Å²) in [5, 5.41) is 3.04. The summed E-state index contributed by atoms with van der Waals surface area (Å²) < 4.78 is 11.4. The van der Waals surface area contributed by atoms with Gasteiger partial charge in [-0.25, -0.2) is 0 Å². The molecule has 2 rings (SSSR count). The van der Waals surface area contributed by atoms with E-state index in [2.05, 4.69) is 24.4 Å². The Labute approximate surface area is 140 Å². The molecular weight excluding hydrogens is 306 g/mol. The fourth-order valence-corrected chi connectivity index (χ4v) is 3.05. The van der Waals surface area contributed by atoms with Crippen molar-refractivity contribution < 1.29 is 9.00 Å². The first-order valence-corrected chi connectivity index (χ1v) is 9.27. The molecule has 0 aliphatic rings. The Bertz CT molecular complexity index is 695. The van der Waals surface area contributed by atoms with Crippen LogP contribution in [0.1, 0.15) is 23.6 Å². The van der Waals surface area contributed by atoms with E-state index in [-0.39, 0.29) is 11.9 Å². The molecule has 23 heavy (non-hydrogen) atoms. The van der Waals surface area contributed by atoms with Crippen LogP contribution in [-0.2, 0) is 28.4 Å². The smallest absolute Gasteiger partial charge is 0.224 e. The number of nitrogens with one attached hydrogen (secondary N) is 1. The van der Waals surface area contributed by atoms with Crippen LogP contribution in [-0.4, -0.2) is 22.4 Å². The Morgan fingerprint density at radius 1 is 1.13 bits per heavy atom. The van der Waals surface area contributed by atoms with Gasteiger partial charge >= 0.3 is 0 Å². The summed E-state index contributed by atoms with van der Waals surface area (Å²) in [7, 11) is -0.985. The molecule has 0 bridgehead atoms. The lowest BCUT2D eigenvalue weighted by Crippen LogP contribution is -2.35. The molecule has 3 nitrogen and oxygen atoms in total. The minimum atomic E-state index is -0.985. The second-order valence-corrected chi connectivity index (χ2v) is 7.25. The standard InChI is InChI=1S/C19H23NO2S/c1-14-6-4-5-7-17(14)12-15(2)20-19(21)13-16-8-10-18(11-9-16)23(3)22/h4-11,15H,12-13H2,1-3H3,(H,20,21)/t15-,23-/m1/s1. The predicted octanol–water partition coefficient (Wildman–Crippen LogP) is 3.02. The lowest BCUT2D eigenvalue weighted by molar-refractivity contribution is -0.121. The van der Waals surface area contributed by atoms with Crippen molar-refractivity contribution in [3.63, 3.8) is 0 Å². The van der Waals surface area contributed by atoms with Gasteiger partial charge in [0.05, 0.1) is 6.42 Å². The number of carbonyl (C=O) groups excluding carboxylic acids is 1. The summed E-state index contributed by atoms with van der Waals surface area (Å²) in [5.41, 5.74) is 3.44. The zero-order chi connectivity index (χ0) is 16.8. The average molecular weight is 329 g/mol. The Hall–Kier alpha value is -1.94. The van der Waals surface area contributed by atoms with Crippen LogP contribution >= 0.6 is 0 Å². The molecular formula is C19H23NO2S. The van der Waals surface area contributed by atoms with Gasteiger partial charge in [-0.2, -0.15) is 0 Å². The fourth-order valence-electron chi connectivity index (χ4n) is 2.53. The lowest BCUT2D eigenvalue weighted by atomic mass is 10.0. The van der Waals surface area contributed by atoms with Gasteiger partial charge in [0, 0.05) is 28.0 Å². The molecule has 1 N–H and O–H groups in total. The minimum absolute atomic E-state index is 0.0106. The van der Waals surface area contributed by atoms with Gasteiger partial charge in [0.1, 0.15) is 0 Å². The molecule has 2 atom stereocenters. The highest BCUT2D eigenvalue weighted by atomic mass is 32.2. The van der Waals surface area contributed by atoms with Crippen molar-refractivity contribution in [2.75, 3.05) is 6.26 Å². The second kappa shape index (κ2) is 8.06. The maximum absolute atomic E-state index is 12.1. The van der Waals surface area contributed by atoms with E-state index in [1.54, 1.807) is 6.26 Å². The quantitative estimate of drug-likeness (QED) is 0.885. The molecule has 0 fully saturated rings. The van der Waals surface area contributed by atoms with Crippen molar-refractivity contribution >= 4 is 16.7 Å². The number of hydrogen-bond donors (Lipinski definition) is 1. The Morgan fingerprint density at radius 2 is 1.78 bits per heavy atom. The first-order chi connectivity index (χ1) is 11.0. The van der Waals surface area contributed by atoms with Crippen LogP contribution < -0.4 is 5.32 Å². The number of rotatable bonds is 6. The monoisotopic (exact) mass is 329 g/mol. The van der Waals surface area contributed by atoms with Crippen LogP contribution in [0.4, 0.5) is 0 Å². The first kappa shape index (κ1) is 17.4. The van der Waals surface area contributed by atoms with Crippen LogP contribution in [0.5, 0.6) is 0 Å². The van der Waals surface area contributed by atoms with Crippen LogP contribution in [0.25, 0.3) is 0 Å². The van der Waals surface area contributed by atoms with Crippen LogP contribution in [0.3, 0.4) is 0 Å². The number of carbonyl (C=O) groups is 1. The number of benzene rings is 2. The van der Waals surface area contributed by atoms with Gasteiger partial charge in [0.15, 0.2) is 0 Å². The van der Waals surface area contributed by atoms with E-state index < -0.39 is 10.8 Å². The van der Waals surface area contributed by atoms with Gasteiger partial charge in [-0.15, -0.1) is 0 Å². The number of hydrogen-bond acceptors (Lipinski definition) is 2. The highest BCUT2D eigenvalue weighted by Gasteiger charge is 2.10. The first-order valence-electron chi connectivity index (χ1n) is 7.72. The van der Waals surface area contributed by atoms with Gasteiger partial charge in [-0.1, -0.05) is 36.4 Å². The zero-order valence-corrected chi connectivity index (χ0v) is 14.7. The molecule has 0 aromatic heterocycles. The molecule has 2 aromatic rings. The summed E-state index contributed by atoms with van der Waals surface area (Å²) in [6, 6.07) is 15.7.